The Balaban J connectivity index is 1.06. The van der Waals surface area contributed by atoms with E-state index in [1.165, 1.54) is 22.1 Å². The Morgan fingerprint density at radius 1 is 0.473 bits per heavy atom. The zero-order valence-electron chi connectivity index (χ0n) is 30.2. The fourth-order valence-corrected chi connectivity index (χ4v) is 8.36. The zero-order valence-corrected chi connectivity index (χ0v) is 30.2. The Hall–Kier alpha value is -7.18. The van der Waals surface area contributed by atoms with E-state index in [1.807, 2.05) is 91.0 Å². The fourth-order valence-electron chi connectivity index (χ4n) is 8.36. The van der Waals surface area contributed by atoms with E-state index in [0.29, 0.717) is 23.4 Å². The maximum atomic E-state index is 6.55. The maximum absolute atomic E-state index is 6.55. The van der Waals surface area contributed by atoms with E-state index in [4.69, 9.17) is 24.4 Å². The molecule has 55 heavy (non-hydrogen) atoms. The molecule has 11 rings (SSSR count). The van der Waals surface area contributed by atoms with Crippen LogP contribution in [-0.4, -0.2) is 24.5 Å². The first-order chi connectivity index (χ1) is 27.0. The minimum atomic E-state index is -0.244. The molecule has 0 N–H and O–H groups in total. The van der Waals surface area contributed by atoms with E-state index in [1.54, 1.807) is 0 Å². The van der Waals surface area contributed by atoms with Crippen molar-refractivity contribution in [1.29, 1.82) is 0 Å². The number of fused-ring (bicyclic) bond motifs is 8. The molecule has 3 heterocycles. The number of aromatic nitrogens is 5. The predicted molar refractivity (Wildman–Crippen MR) is 221 cm³/mol. The molecule has 0 aliphatic heterocycles. The van der Waals surface area contributed by atoms with Gasteiger partial charge in [-0.25, -0.2) is 19.9 Å². The van der Waals surface area contributed by atoms with Crippen molar-refractivity contribution in [2.24, 2.45) is 0 Å². The molecule has 0 bridgehead atoms. The van der Waals surface area contributed by atoms with Crippen molar-refractivity contribution in [3.63, 3.8) is 0 Å². The quantitative estimate of drug-likeness (QED) is 0.178. The summed E-state index contributed by atoms with van der Waals surface area (Å²) in [6.45, 7) is 4.62. The average Bonchev–Trinajstić information content (AvgIpc) is 3.90. The van der Waals surface area contributed by atoms with E-state index < -0.39 is 0 Å². The lowest BCUT2D eigenvalue weighted by Gasteiger charge is -2.22. The average molecular weight is 708 g/mol. The number of nitrogens with zero attached hydrogens (tertiary/aromatic N) is 5. The summed E-state index contributed by atoms with van der Waals surface area (Å²) in [5.74, 6) is 2.57. The third-order valence-electron chi connectivity index (χ3n) is 11.1. The summed E-state index contributed by atoms with van der Waals surface area (Å²) in [5.41, 5.74) is 13.5. The van der Waals surface area contributed by atoms with E-state index in [-0.39, 0.29) is 5.41 Å². The molecular formula is C49H33N5O. The fraction of sp³-hybridized carbons (Fsp3) is 0.0612. The van der Waals surface area contributed by atoms with Crippen LogP contribution in [0.2, 0.25) is 0 Å². The van der Waals surface area contributed by atoms with Crippen LogP contribution in [0, 0.1) is 0 Å². The Labute approximate surface area is 317 Å². The number of hydrogen-bond donors (Lipinski definition) is 0. The smallest absolute Gasteiger partial charge is 0.227 e. The number of hydrogen-bond acceptors (Lipinski definition) is 5. The molecular weight excluding hydrogens is 675 g/mol. The van der Waals surface area contributed by atoms with Gasteiger partial charge in [0.05, 0.1) is 11.0 Å². The summed E-state index contributed by atoms with van der Waals surface area (Å²) in [4.78, 5) is 19.9. The van der Waals surface area contributed by atoms with Crippen molar-refractivity contribution in [2.75, 3.05) is 0 Å². The van der Waals surface area contributed by atoms with E-state index in [2.05, 4.69) is 91.2 Å². The monoisotopic (exact) mass is 707 g/mol. The summed E-state index contributed by atoms with van der Waals surface area (Å²) >= 11 is 0. The minimum absolute atomic E-state index is 0.244. The van der Waals surface area contributed by atoms with Crippen LogP contribution in [-0.2, 0) is 5.41 Å². The number of oxazole rings is 1. The normalized spacial score (nSPS) is 13.1. The molecule has 0 amide bonds. The van der Waals surface area contributed by atoms with Gasteiger partial charge >= 0.3 is 0 Å². The molecule has 1 aliphatic rings. The molecule has 0 atom stereocenters. The van der Waals surface area contributed by atoms with Gasteiger partial charge in [-0.1, -0.05) is 123 Å². The first-order valence-corrected chi connectivity index (χ1v) is 18.6. The van der Waals surface area contributed by atoms with Gasteiger partial charge in [0.25, 0.3) is 0 Å². The molecule has 260 valence electrons. The van der Waals surface area contributed by atoms with Gasteiger partial charge in [-0.2, -0.15) is 0 Å². The highest BCUT2D eigenvalue weighted by atomic mass is 16.3. The van der Waals surface area contributed by atoms with Crippen molar-refractivity contribution >= 4 is 32.9 Å². The molecule has 0 spiro atoms. The topological polar surface area (TPSA) is 69.6 Å². The highest BCUT2D eigenvalue weighted by Crippen LogP contribution is 2.52. The van der Waals surface area contributed by atoms with Crippen LogP contribution in [0.1, 0.15) is 25.0 Å². The van der Waals surface area contributed by atoms with Crippen molar-refractivity contribution in [1.82, 2.24) is 24.5 Å². The molecule has 0 radical (unpaired) electrons. The molecule has 6 heteroatoms. The van der Waals surface area contributed by atoms with Gasteiger partial charge in [0.15, 0.2) is 23.1 Å². The second-order valence-corrected chi connectivity index (χ2v) is 14.7. The highest BCUT2D eigenvalue weighted by molar-refractivity contribution is 6.10. The summed E-state index contributed by atoms with van der Waals surface area (Å²) in [6, 6.07) is 56.7. The maximum Gasteiger partial charge on any atom is 0.227 e. The van der Waals surface area contributed by atoms with Gasteiger partial charge < -0.3 is 8.98 Å². The van der Waals surface area contributed by atoms with E-state index >= 15 is 0 Å². The highest BCUT2D eigenvalue weighted by Gasteiger charge is 2.38. The van der Waals surface area contributed by atoms with Crippen molar-refractivity contribution < 1.29 is 4.42 Å². The third-order valence-corrected chi connectivity index (χ3v) is 11.1. The third kappa shape index (κ3) is 4.88. The molecule has 1 aliphatic carbocycles. The predicted octanol–water partition coefficient (Wildman–Crippen LogP) is 12.1. The van der Waals surface area contributed by atoms with Gasteiger partial charge in [-0.05, 0) is 71.3 Å². The molecule has 0 saturated heterocycles. The van der Waals surface area contributed by atoms with Crippen LogP contribution in [0.3, 0.4) is 0 Å². The lowest BCUT2D eigenvalue weighted by molar-refractivity contribution is 0.618. The van der Waals surface area contributed by atoms with Crippen LogP contribution in [0.5, 0.6) is 0 Å². The van der Waals surface area contributed by atoms with Crippen LogP contribution in [0.4, 0.5) is 0 Å². The van der Waals surface area contributed by atoms with Gasteiger partial charge in [-0.3, -0.25) is 0 Å². The Kier molecular flexibility index (Phi) is 6.79. The van der Waals surface area contributed by atoms with Gasteiger partial charge in [0.2, 0.25) is 5.89 Å². The minimum Gasteiger partial charge on any atom is -0.435 e. The molecule has 10 aromatic rings. The van der Waals surface area contributed by atoms with Gasteiger partial charge in [0.1, 0.15) is 5.52 Å². The van der Waals surface area contributed by atoms with Gasteiger partial charge in [0, 0.05) is 49.7 Å². The molecule has 3 aromatic heterocycles. The largest absolute Gasteiger partial charge is 0.435 e. The molecule has 6 nitrogen and oxygen atoms in total. The number of rotatable bonds is 5. The SMILES string of the molecule is CC1(C)c2cc(-n3c4ccccc4c4cc(-c5nc(-c6ccccc6)nc(-c6ccccc6)n5)ccc43)ccc2-c2c1ccc1nc(-c3ccccc3)oc21. The molecule has 0 fully saturated rings. The van der Waals surface area contributed by atoms with Crippen molar-refractivity contribution in [3.05, 3.63) is 175 Å². The molecule has 7 aromatic carbocycles. The Morgan fingerprint density at radius 2 is 1.07 bits per heavy atom. The molecule has 0 unspecified atom stereocenters. The summed E-state index contributed by atoms with van der Waals surface area (Å²) < 4.78 is 8.93. The first-order valence-electron chi connectivity index (χ1n) is 18.6. The summed E-state index contributed by atoms with van der Waals surface area (Å²) in [7, 11) is 0. The lowest BCUT2D eigenvalue weighted by atomic mass is 9.82. The number of benzene rings is 7. The summed E-state index contributed by atoms with van der Waals surface area (Å²) in [6.07, 6.45) is 0. The van der Waals surface area contributed by atoms with Crippen LogP contribution in [0.15, 0.2) is 168 Å². The lowest BCUT2D eigenvalue weighted by Crippen LogP contribution is -2.15. The van der Waals surface area contributed by atoms with E-state index in [9.17, 15) is 0 Å². The van der Waals surface area contributed by atoms with Gasteiger partial charge in [-0.15, -0.1) is 0 Å². The summed E-state index contributed by atoms with van der Waals surface area (Å²) in [5, 5.41) is 2.30. The van der Waals surface area contributed by atoms with Crippen LogP contribution in [0.25, 0.3) is 95.3 Å². The second kappa shape index (κ2) is 11.9. The van der Waals surface area contributed by atoms with E-state index in [0.717, 1.165) is 61.0 Å². The first kappa shape index (κ1) is 31.4. The van der Waals surface area contributed by atoms with Crippen molar-refractivity contribution in [3.8, 4) is 62.4 Å². The Bertz CT molecular complexity index is 3050. The zero-order chi connectivity index (χ0) is 36.7. The standard InChI is InChI=1S/C49H33N5O/c1-49(2)38-25-26-40-44(55-48(50-40)32-18-10-5-11-19-32)43(38)36-24-23-34(29-39(36)49)54-41-21-13-12-20-35(41)37-28-33(22-27-42(37)54)47-52-45(30-14-6-3-7-15-30)51-46(53-47)31-16-8-4-9-17-31/h3-29H,1-2H3. The molecule has 0 saturated carbocycles. The van der Waals surface area contributed by atoms with Crippen LogP contribution >= 0.6 is 0 Å². The second-order valence-electron chi connectivity index (χ2n) is 14.7. The number of para-hydroxylation sites is 1. The van der Waals surface area contributed by atoms with Crippen LogP contribution < -0.4 is 0 Å². The Morgan fingerprint density at radius 3 is 1.76 bits per heavy atom. The van der Waals surface area contributed by atoms with Crippen molar-refractivity contribution in [2.45, 2.75) is 19.3 Å².